The minimum absolute atomic E-state index is 0.0560. The fourth-order valence-corrected chi connectivity index (χ4v) is 1.42. The Bertz CT molecular complexity index is 581. The van der Waals surface area contributed by atoms with Crippen LogP contribution in [-0.4, -0.2) is 10.9 Å². The van der Waals surface area contributed by atoms with E-state index < -0.39 is 5.82 Å². The number of amides is 1. The molecule has 0 saturated carbocycles. The van der Waals surface area contributed by atoms with Crippen LogP contribution in [0, 0.1) is 12.7 Å². The van der Waals surface area contributed by atoms with Crippen molar-refractivity contribution >= 4 is 17.4 Å². The molecule has 2 aromatic rings. The zero-order chi connectivity index (χ0) is 13.1. The number of aromatic nitrogens is 1. The number of nitrogens with two attached hydrogens (primary N) is 1. The van der Waals surface area contributed by atoms with E-state index in [0.29, 0.717) is 5.82 Å². The number of pyridine rings is 1. The van der Waals surface area contributed by atoms with Crippen LogP contribution in [0.2, 0.25) is 0 Å². The van der Waals surface area contributed by atoms with Crippen molar-refractivity contribution in [1.82, 2.24) is 4.98 Å². The number of nitrogens with zero attached hydrogens (tertiary/aromatic N) is 1. The van der Waals surface area contributed by atoms with Crippen molar-refractivity contribution in [2.24, 2.45) is 0 Å². The van der Waals surface area contributed by atoms with Gasteiger partial charge in [0.2, 0.25) is 0 Å². The van der Waals surface area contributed by atoms with E-state index in [9.17, 15) is 9.18 Å². The van der Waals surface area contributed by atoms with E-state index in [1.165, 1.54) is 12.1 Å². The van der Waals surface area contributed by atoms with Gasteiger partial charge in [-0.15, -0.1) is 0 Å². The van der Waals surface area contributed by atoms with Gasteiger partial charge in [0.25, 0.3) is 5.91 Å². The fraction of sp³-hybridized carbons (Fsp3) is 0.0769. The van der Waals surface area contributed by atoms with Crippen LogP contribution >= 0.6 is 0 Å². The summed E-state index contributed by atoms with van der Waals surface area (Å²) in [5.74, 6) is -0.480. The normalized spacial score (nSPS) is 10.1. The van der Waals surface area contributed by atoms with Crippen molar-refractivity contribution in [1.29, 1.82) is 0 Å². The van der Waals surface area contributed by atoms with Gasteiger partial charge in [-0.1, -0.05) is 6.07 Å². The van der Waals surface area contributed by atoms with Crippen molar-refractivity contribution < 1.29 is 9.18 Å². The molecule has 0 saturated heterocycles. The summed E-state index contributed by atoms with van der Waals surface area (Å²) >= 11 is 0. The third kappa shape index (κ3) is 2.63. The van der Waals surface area contributed by atoms with Crippen LogP contribution in [0.3, 0.4) is 0 Å². The van der Waals surface area contributed by atoms with Crippen molar-refractivity contribution in [3.63, 3.8) is 0 Å². The second kappa shape index (κ2) is 4.83. The molecule has 0 atom stereocenters. The lowest BCUT2D eigenvalue weighted by molar-refractivity contribution is 0.102. The van der Waals surface area contributed by atoms with E-state index in [1.54, 1.807) is 12.3 Å². The summed E-state index contributed by atoms with van der Waals surface area (Å²) in [6, 6.07) is 7.35. The van der Waals surface area contributed by atoms with E-state index in [1.807, 2.05) is 13.0 Å². The number of nitrogen functional groups attached to an aromatic ring is 1. The molecule has 0 aliphatic carbocycles. The van der Waals surface area contributed by atoms with E-state index in [-0.39, 0.29) is 17.2 Å². The second-order valence-electron chi connectivity index (χ2n) is 3.91. The number of benzene rings is 1. The number of anilines is 2. The molecule has 5 heteroatoms. The minimum atomic E-state index is -0.542. The molecular weight excluding hydrogens is 233 g/mol. The van der Waals surface area contributed by atoms with E-state index in [2.05, 4.69) is 10.3 Å². The molecule has 0 unspecified atom stereocenters. The van der Waals surface area contributed by atoms with Gasteiger partial charge in [0.05, 0.1) is 5.69 Å². The number of hydrogen-bond acceptors (Lipinski definition) is 3. The standard InChI is InChI=1S/C13H12FN3O/c1-8-2-5-12(16-7-8)17-13(18)9-3-4-10(14)11(15)6-9/h2-7H,15H2,1H3,(H,16,17,18). The van der Waals surface area contributed by atoms with Crippen LogP contribution < -0.4 is 11.1 Å². The second-order valence-corrected chi connectivity index (χ2v) is 3.91. The van der Waals surface area contributed by atoms with Crippen LogP contribution in [0.25, 0.3) is 0 Å². The Kier molecular flexibility index (Phi) is 3.23. The number of halogens is 1. The van der Waals surface area contributed by atoms with Crippen molar-refractivity contribution in [3.05, 3.63) is 53.5 Å². The van der Waals surface area contributed by atoms with Crippen molar-refractivity contribution in [2.75, 3.05) is 11.1 Å². The van der Waals surface area contributed by atoms with Crippen LogP contribution in [-0.2, 0) is 0 Å². The van der Waals surface area contributed by atoms with Gasteiger partial charge >= 0.3 is 0 Å². The predicted octanol–water partition coefficient (Wildman–Crippen LogP) is 2.36. The molecule has 18 heavy (non-hydrogen) atoms. The molecule has 3 N–H and O–H groups in total. The smallest absolute Gasteiger partial charge is 0.256 e. The first kappa shape index (κ1) is 12.0. The molecule has 2 rings (SSSR count). The Hall–Kier alpha value is -2.43. The summed E-state index contributed by atoms with van der Waals surface area (Å²) in [6.45, 7) is 1.90. The maximum Gasteiger partial charge on any atom is 0.256 e. The lowest BCUT2D eigenvalue weighted by atomic mass is 10.2. The highest BCUT2D eigenvalue weighted by Gasteiger charge is 2.08. The summed E-state index contributed by atoms with van der Waals surface area (Å²) in [4.78, 5) is 15.9. The number of aryl methyl sites for hydroxylation is 1. The summed E-state index contributed by atoms with van der Waals surface area (Å²) < 4.78 is 13.0. The molecule has 92 valence electrons. The molecule has 0 fully saturated rings. The summed E-state index contributed by atoms with van der Waals surface area (Å²) in [6.07, 6.45) is 1.65. The van der Waals surface area contributed by atoms with Gasteiger partial charge in [-0.2, -0.15) is 0 Å². The SMILES string of the molecule is Cc1ccc(NC(=O)c2ccc(F)c(N)c2)nc1. The zero-order valence-corrected chi connectivity index (χ0v) is 9.77. The van der Waals surface area contributed by atoms with Crippen LogP contribution in [0.1, 0.15) is 15.9 Å². The monoisotopic (exact) mass is 245 g/mol. The van der Waals surface area contributed by atoms with Crippen LogP contribution in [0.15, 0.2) is 36.5 Å². The van der Waals surface area contributed by atoms with Crippen LogP contribution in [0.5, 0.6) is 0 Å². The maximum atomic E-state index is 13.0. The first-order valence-electron chi connectivity index (χ1n) is 5.35. The maximum absolute atomic E-state index is 13.0. The zero-order valence-electron chi connectivity index (χ0n) is 9.77. The predicted molar refractivity (Wildman–Crippen MR) is 67.7 cm³/mol. The molecule has 0 aliphatic rings. The third-order valence-corrected chi connectivity index (χ3v) is 2.41. The lowest BCUT2D eigenvalue weighted by Crippen LogP contribution is -2.13. The highest BCUT2D eigenvalue weighted by molar-refractivity contribution is 6.04. The van der Waals surface area contributed by atoms with E-state index in [4.69, 9.17) is 5.73 Å². The molecule has 1 aromatic carbocycles. The average Bonchev–Trinajstić information content (AvgIpc) is 2.35. The largest absolute Gasteiger partial charge is 0.396 e. The molecule has 4 nitrogen and oxygen atoms in total. The van der Waals surface area contributed by atoms with Crippen LogP contribution in [0.4, 0.5) is 15.9 Å². The van der Waals surface area contributed by atoms with Gasteiger partial charge < -0.3 is 11.1 Å². The van der Waals surface area contributed by atoms with Gasteiger partial charge in [-0.05, 0) is 36.8 Å². The van der Waals surface area contributed by atoms with Crippen molar-refractivity contribution in [2.45, 2.75) is 6.92 Å². The number of hydrogen-bond donors (Lipinski definition) is 2. The first-order chi connectivity index (χ1) is 8.56. The number of carbonyl (C=O) groups is 1. The third-order valence-electron chi connectivity index (χ3n) is 2.41. The number of carbonyl (C=O) groups excluding carboxylic acids is 1. The highest BCUT2D eigenvalue weighted by atomic mass is 19.1. The minimum Gasteiger partial charge on any atom is -0.396 e. The fourth-order valence-electron chi connectivity index (χ4n) is 1.42. The van der Waals surface area contributed by atoms with Crippen molar-refractivity contribution in [3.8, 4) is 0 Å². The Labute approximate surface area is 104 Å². The topological polar surface area (TPSA) is 68.0 Å². The Morgan fingerprint density at radius 1 is 1.33 bits per heavy atom. The molecule has 1 amide bonds. The first-order valence-corrected chi connectivity index (χ1v) is 5.35. The Morgan fingerprint density at radius 2 is 2.11 bits per heavy atom. The van der Waals surface area contributed by atoms with Gasteiger partial charge in [0.1, 0.15) is 11.6 Å². The molecule has 0 aliphatic heterocycles. The number of rotatable bonds is 2. The Balaban J connectivity index is 2.16. The number of nitrogens with one attached hydrogen (secondary N) is 1. The Morgan fingerprint density at radius 3 is 2.72 bits per heavy atom. The molecular formula is C13H12FN3O. The van der Waals surface area contributed by atoms with Gasteiger partial charge in [0, 0.05) is 11.8 Å². The summed E-state index contributed by atoms with van der Waals surface area (Å²) in [5, 5.41) is 2.60. The molecule has 0 spiro atoms. The average molecular weight is 245 g/mol. The van der Waals surface area contributed by atoms with E-state index >= 15 is 0 Å². The quantitative estimate of drug-likeness (QED) is 0.798. The summed E-state index contributed by atoms with van der Waals surface area (Å²) in [5.41, 5.74) is 6.63. The molecule has 1 heterocycles. The molecule has 1 aromatic heterocycles. The van der Waals surface area contributed by atoms with Gasteiger partial charge in [-0.25, -0.2) is 9.37 Å². The van der Waals surface area contributed by atoms with E-state index in [0.717, 1.165) is 11.6 Å². The van der Waals surface area contributed by atoms with Gasteiger partial charge in [0.15, 0.2) is 0 Å². The lowest BCUT2D eigenvalue weighted by Gasteiger charge is -2.05. The highest BCUT2D eigenvalue weighted by Crippen LogP contribution is 2.13. The molecule has 0 radical (unpaired) electrons. The molecule has 0 bridgehead atoms. The summed E-state index contributed by atoms with van der Waals surface area (Å²) in [7, 11) is 0. The van der Waals surface area contributed by atoms with Gasteiger partial charge in [-0.3, -0.25) is 4.79 Å².